The zero-order chi connectivity index (χ0) is 13.6. The smallest absolute Gasteiger partial charge is 0.243 e. The molecule has 2 aliphatic rings. The van der Waals surface area contributed by atoms with Gasteiger partial charge in [0.05, 0.1) is 4.90 Å². The van der Waals surface area contributed by atoms with Crippen LogP contribution in [0.15, 0.2) is 23.1 Å². The predicted octanol–water partition coefficient (Wildman–Crippen LogP) is 2.00. The van der Waals surface area contributed by atoms with E-state index >= 15 is 0 Å². The maximum Gasteiger partial charge on any atom is 0.243 e. The van der Waals surface area contributed by atoms with Crippen LogP contribution in [-0.4, -0.2) is 25.8 Å². The Labute approximate surface area is 114 Å². The topological polar surface area (TPSA) is 63.4 Å². The summed E-state index contributed by atoms with van der Waals surface area (Å²) in [5, 5.41) is 0. The molecule has 2 unspecified atom stereocenters. The maximum atomic E-state index is 12.6. The van der Waals surface area contributed by atoms with Crippen molar-refractivity contribution < 1.29 is 8.42 Å². The number of anilines is 1. The van der Waals surface area contributed by atoms with Crippen LogP contribution in [0.1, 0.15) is 24.8 Å². The third-order valence-electron chi connectivity index (χ3n) is 4.57. The summed E-state index contributed by atoms with van der Waals surface area (Å²) in [6, 6.07) is 4.98. The normalized spacial score (nSPS) is 27.6. The first-order valence-electron chi connectivity index (χ1n) is 6.85. The van der Waals surface area contributed by atoms with Crippen LogP contribution in [0, 0.1) is 18.8 Å². The highest BCUT2D eigenvalue weighted by Gasteiger charge is 2.41. The van der Waals surface area contributed by atoms with Gasteiger partial charge in [-0.3, -0.25) is 0 Å². The summed E-state index contributed by atoms with van der Waals surface area (Å²) in [4.78, 5) is 0.374. The van der Waals surface area contributed by atoms with Gasteiger partial charge >= 0.3 is 0 Å². The SMILES string of the molecule is Cc1cc(S(=O)(=O)N2CC3CCCC3C2)ccc1N. The molecule has 1 aromatic rings. The van der Waals surface area contributed by atoms with Gasteiger partial charge < -0.3 is 5.73 Å². The van der Waals surface area contributed by atoms with Gasteiger partial charge in [0.25, 0.3) is 0 Å². The number of rotatable bonds is 2. The van der Waals surface area contributed by atoms with Crippen LogP contribution in [0.25, 0.3) is 0 Å². The van der Waals surface area contributed by atoms with Crippen molar-refractivity contribution in [1.29, 1.82) is 0 Å². The molecule has 0 radical (unpaired) electrons. The Hall–Kier alpha value is -1.07. The first-order valence-corrected chi connectivity index (χ1v) is 8.29. The average molecular weight is 280 g/mol. The summed E-state index contributed by atoms with van der Waals surface area (Å²) in [6.07, 6.45) is 3.61. The molecule has 1 saturated heterocycles. The Morgan fingerprint density at radius 3 is 2.42 bits per heavy atom. The Kier molecular flexibility index (Phi) is 3.06. The van der Waals surface area contributed by atoms with Crippen molar-refractivity contribution in [3.05, 3.63) is 23.8 Å². The fraction of sp³-hybridized carbons (Fsp3) is 0.571. The van der Waals surface area contributed by atoms with E-state index in [0.29, 0.717) is 35.5 Å². The summed E-state index contributed by atoms with van der Waals surface area (Å²) < 4.78 is 26.9. The Bertz CT molecular complexity index is 585. The van der Waals surface area contributed by atoms with Gasteiger partial charge in [0.15, 0.2) is 0 Å². The number of benzene rings is 1. The second-order valence-corrected chi connectivity index (χ2v) is 7.73. The number of aryl methyl sites for hydroxylation is 1. The van der Waals surface area contributed by atoms with Crippen molar-refractivity contribution in [3.8, 4) is 0 Å². The number of nitrogens with zero attached hydrogens (tertiary/aromatic N) is 1. The number of hydrogen-bond acceptors (Lipinski definition) is 3. The molecule has 4 nitrogen and oxygen atoms in total. The van der Waals surface area contributed by atoms with E-state index in [2.05, 4.69) is 0 Å². The highest BCUT2D eigenvalue weighted by Crippen LogP contribution is 2.39. The first kappa shape index (κ1) is 12.9. The lowest BCUT2D eigenvalue weighted by atomic mass is 10.0. The summed E-state index contributed by atoms with van der Waals surface area (Å²) >= 11 is 0. The second-order valence-electron chi connectivity index (χ2n) is 5.79. The van der Waals surface area contributed by atoms with E-state index in [9.17, 15) is 8.42 Å². The van der Waals surface area contributed by atoms with E-state index in [1.165, 1.54) is 19.3 Å². The number of hydrogen-bond donors (Lipinski definition) is 1. The van der Waals surface area contributed by atoms with Crippen LogP contribution in [0.3, 0.4) is 0 Å². The molecule has 1 saturated carbocycles. The van der Waals surface area contributed by atoms with Crippen LogP contribution in [0.5, 0.6) is 0 Å². The zero-order valence-corrected chi connectivity index (χ0v) is 12.0. The van der Waals surface area contributed by atoms with Crippen LogP contribution >= 0.6 is 0 Å². The largest absolute Gasteiger partial charge is 0.399 e. The minimum atomic E-state index is -3.34. The lowest BCUT2D eigenvalue weighted by Crippen LogP contribution is -2.29. The third kappa shape index (κ3) is 2.15. The van der Waals surface area contributed by atoms with Crippen molar-refractivity contribution in [2.24, 2.45) is 11.8 Å². The van der Waals surface area contributed by atoms with Crippen molar-refractivity contribution in [2.75, 3.05) is 18.8 Å². The summed E-state index contributed by atoms with van der Waals surface area (Å²) in [6.45, 7) is 3.22. The van der Waals surface area contributed by atoms with Gasteiger partial charge in [-0.2, -0.15) is 4.31 Å². The minimum Gasteiger partial charge on any atom is -0.399 e. The van der Waals surface area contributed by atoms with Gasteiger partial charge in [0, 0.05) is 18.8 Å². The second kappa shape index (κ2) is 4.49. The standard InChI is InChI=1S/C14H20N2O2S/c1-10-7-13(5-6-14(10)15)19(17,18)16-8-11-3-2-4-12(11)9-16/h5-7,11-12H,2-4,8-9,15H2,1H3. The molecule has 19 heavy (non-hydrogen) atoms. The molecular formula is C14H20N2O2S. The van der Waals surface area contributed by atoms with E-state index in [0.717, 1.165) is 5.56 Å². The molecule has 1 heterocycles. The number of nitrogens with two attached hydrogens (primary N) is 1. The molecular weight excluding hydrogens is 260 g/mol. The van der Waals surface area contributed by atoms with E-state index in [1.54, 1.807) is 22.5 Å². The van der Waals surface area contributed by atoms with Gasteiger partial charge in [-0.25, -0.2) is 8.42 Å². The van der Waals surface area contributed by atoms with Gasteiger partial charge in [-0.05, 0) is 55.4 Å². The molecule has 104 valence electrons. The molecule has 0 amide bonds. The molecule has 0 bridgehead atoms. The molecule has 3 rings (SSSR count). The van der Waals surface area contributed by atoms with Crippen molar-refractivity contribution in [1.82, 2.24) is 4.31 Å². The highest BCUT2D eigenvalue weighted by atomic mass is 32.2. The van der Waals surface area contributed by atoms with E-state index in [4.69, 9.17) is 5.73 Å². The monoisotopic (exact) mass is 280 g/mol. The predicted molar refractivity (Wildman–Crippen MR) is 75.2 cm³/mol. The zero-order valence-electron chi connectivity index (χ0n) is 11.2. The fourth-order valence-electron chi connectivity index (χ4n) is 3.35. The minimum absolute atomic E-state index is 0.374. The molecule has 2 atom stereocenters. The van der Waals surface area contributed by atoms with Crippen molar-refractivity contribution in [3.63, 3.8) is 0 Å². The molecule has 1 aliphatic carbocycles. The molecule has 2 fully saturated rings. The highest BCUT2D eigenvalue weighted by molar-refractivity contribution is 7.89. The van der Waals surface area contributed by atoms with Crippen molar-refractivity contribution >= 4 is 15.7 Å². The van der Waals surface area contributed by atoms with E-state index in [1.807, 2.05) is 6.92 Å². The van der Waals surface area contributed by atoms with Gasteiger partial charge in [-0.15, -0.1) is 0 Å². The molecule has 0 aromatic heterocycles. The van der Waals surface area contributed by atoms with Crippen LogP contribution in [0.4, 0.5) is 5.69 Å². The average Bonchev–Trinajstić information content (AvgIpc) is 2.93. The summed E-state index contributed by atoms with van der Waals surface area (Å²) in [5.74, 6) is 1.15. The first-order chi connectivity index (χ1) is 8.98. The van der Waals surface area contributed by atoms with Gasteiger partial charge in [-0.1, -0.05) is 6.42 Å². The van der Waals surface area contributed by atoms with Crippen LogP contribution in [-0.2, 0) is 10.0 Å². The Balaban J connectivity index is 1.88. The van der Waals surface area contributed by atoms with E-state index < -0.39 is 10.0 Å². The fourth-order valence-corrected chi connectivity index (χ4v) is 4.99. The lowest BCUT2D eigenvalue weighted by Gasteiger charge is -2.18. The van der Waals surface area contributed by atoms with E-state index in [-0.39, 0.29) is 0 Å². The molecule has 2 N–H and O–H groups in total. The van der Waals surface area contributed by atoms with Crippen molar-refractivity contribution in [2.45, 2.75) is 31.1 Å². The number of sulfonamides is 1. The van der Waals surface area contributed by atoms with Gasteiger partial charge in [0.2, 0.25) is 10.0 Å². The molecule has 1 aliphatic heterocycles. The van der Waals surface area contributed by atoms with Crippen LogP contribution < -0.4 is 5.73 Å². The number of nitrogen functional groups attached to an aromatic ring is 1. The van der Waals surface area contributed by atoms with Gasteiger partial charge in [0.1, 0.15) is 0 Å². The lowest BCUT2D eigenvalue weighted by molar-refractivity contribution is 0.445. The quantitative estimate of drug-likeness (QED) is 0.843. The number of fused-ring (bicyclic) bond motifs is 1. The summed E-state index contributed by atoms with van der Waals surface area (Å²) in [5.41, 5.74) is 7.21. The molecule has 0 spiro atoms. The Morgan fingerprint density at radius 1 is 1.21 bits per heavy atom. The molecule has 5 heteroatoms. The molecule has 1 aromatic carbocycles. The van der Waals surface area contributed by atoms with Crippen LogP contribution in [0.2, 0.25) is 0 Å². The Morgan fingerprint density at radius 2 is 1.84 bits per heavy atom. The summed E-state index contributed by atoms with van der Waals surface area (Å²) in [7, 11) is -3.34. The maximum absolute atomic E-state index is 12.6. The third-order valence-corrected chi connectivity index (χ3v) is 6.40.